The number of hydrogen-bond donors (Lipinski definition) is 1. The Balaban J connectivity index is 2.04. The smallest absolute Gasteiger partial charge is 0.297 e. The fourth-order valence-electron chi connectivity index (χ4n) is 1.61. The van der Waals surface area contributed by atoms with E-state index in [9.17, 15) is 13.5 Å². The average molecular weight is 328 g/mol. The number of hydrogen-bond acceptors (Lipinski definition) is 5. The van der Waals surface area contributed by atoms with Crippen molar-refractivity contribution in [1.82, 2.24) is 4.98 Å². The van der Waals surface area contributed by atoms with Gasteiger partial charge in [0.25, 0.3) is 10.1 Å². The number of benzene rings is 1. The normalized spacial score (nSPS) is 13.1. The van der Waals surface area contributed by atoms with E-state index in [4.69, 9.17) is 15.8 Å². The second-order valence-corrected chi connectivity index (χ2v) is 6.48. The average Bonchev–Trinajstić information content (AvgIpc) is 2.46. The van der Waals surface area contributed by atoms with Crippen LogP contribution in [0, 0.1) is 6.92 Å². The van der Waals surface area contributed by atoms with Gasteiger partial charge in [0.15, 0.2) is 0 Å². The maximum Gasteiger partial charge on any atom is 0.297 e. The maximum atomic E-state index is 12.0. The Morgan fingerprint density at radius 2 is 1.90 bits per heavy atom. The van der Waals surface area contributed by atoms with Crippen LogP contribution in [0.3, 0.4) is 0 Å². The molecular weight excluding hydrogens is 314 g/mol. The molecule has 0 spiro atoms. The number of aliphatic hydroxyl groups is 1. The number of aromatic nitrogens is 1. The molecule has 1 aromatic carbocycles. The first-order chi connectivity index (χ1) is 9.88. The second-order valence-electron chi connectivity index (χ2n) is 4.48. The summed E-state index contributed by atoms with van der Waals surface area (Å²) < 4.78 is 28.8. The lowest BCUT2D eigenvalue weighted by Gasteiger charge is -2.11. The molecule has 112 valence electrons. The van der Waals surface area contributed by atoms with E-state index in [1.165, 1.54) is 24.4 Å². The quantitative estimate of drug-likeness (QED) is 0.674. The Bertz CT molecular complexity index is 699. The highest BCUT2D eigenvalue weighted by molar-refractivity contribution is 7.86. The second kappa shape index (κ2) is 6.53. The molecule has 0 fully saturated rings. The van der Waals surface area contributed by atoms with Gasteiger partial charge in [-0.25, -0.2) is 4.98 Å². The van der Waals surface area contributed by atoms with Crippen molar-refractivity contribution < 1.29 is 17.7 Å². The van der Waals surface area contributed by atoms with Crippen LogP contribution in [0.4, 0.5) is 0 Å². The van der Waals surface area contributed by atoms with Gasteiger partial charge in [-0.05, 0) is 25.1 Å². The highest BCUT2D eigenvalue weighted by Gasteiger charge is 2.18. The standard InChI is InChI=1S/C14H14ClNO4S/c1-10-2-5-12(6-3-10)21(18,19)20-9-13(17)11-4-7-14(15)16-8-11/h2-8,13,17H,9H2,1H3/t13-/m0/s1. The molecule has 0 aliphatic rings. The highest BCUT2D eigenvalue weighted by atomic mass is 35.5. The van der Waals surface area contributed by atoms with Crippen LogP contribution in [0.2, 0.25) is 5.15 Å². The third-order valence-electron chi connectivity index (χ3n) is 2.83. The number of nitrogens with zero attached hydrogens (tertiary/aromatic N) is 1. The lowest BCUT2D eigenvalue weighted by atomic mass is 10.2. The number of rotatable bonds is 5. The summed E-state index contributed by atoms with van der Waals surface area (Å²) in [6, 6.07) is 9.34. The minimum Gasteiger partial charge on any atom is -0.386 e. The highest BCUT2D eigenvalue weighted by Crippen LogP contribution is 2.18. The van der Waals surface area contributed by atoms with Gasteiger partial charge in [0.2, 0.25) is 0 Å². The first kappa shape index (κ1) is 15.9. The Labute approximate surface area is 128 Å². The number of halogens is 1. The van der Waals surface area contributed by atoms with Crippen LogP contribution in [0.1, 0.15) is 17.2 Å². The predicted molar refractivity (Wildman–Crippen MR) is 78.5 cm³/mol. The SMILES string of the molecule is Cc1ccc(S(=O)(=O)OC[C@H](O)c2ccc(Cl)nc2)cc1. The molecule has 0 radical (unpaired) electrons. The van der Waals surface area contributed by atoms with Gasteiger partial charge in [-0.15, -0.1) is 0 Å². The fourth-order valence-corrected chi connectivity index (χ4v) is 2.63. The number of aryl methyl sites for hydroxylation is 1. The summed E-state index contributed by atoms with van der Waals surface area (Å²) in [7, 11) is -3.89. The van der Waals surface area contributed by atoms with E-state index >= 15 is 0 Å². The van der Waals surface area contributed by atoms with Crippen molar-refractivity contribution in [2.45, 2.75) is 17.9 Å². The molecule has 5 nitrogen and oxygen atoms in total. The van der Waals surface area contributed by atoms with E-state index < -0.39 is 16.2 Å². The van der Waals surface area contributed by atoms with Crippen LogP contribution >= 0.6 is 11.6 Å². The van der Waals surface area contributed by atoms with Crippen molar-refractivity contribution in [1.29, 1.82) is 0 Å². The van der Waals surface area contributed by atoms with Crippen molar-refractivity contribution in [2.75, 3.05) is 6.61 Å². The summed E-state index contributed by atoms with van der Waals surface area (Å²) in [6.45, 7) is 1.47. The molecule has 7 heteroatoms. The molecule has 1 atom stereocenters. The van der Waals surface area contributed by atoms with Crippen molar-refractivity contribution in [3.8, 4) is 0 Å². The summed E-state index contributed by atoms with van der Waals surface area (Å²) >= 11 is 5.64. The van der Waals surface area contributed by atoms with E-state index in [1.54, 1.807) is 18.2 Å². The maximum absolute atomic E-state index is 12.0. The summed E-state index contributed by atoms with van der Waals surface area (Å²) in [5, 5.41) is 10.2. The zero-order chi connectivity index (χ0) is 15.5. The molecule has 2 aromatic rings. The van der Waals surface area contributed by atoms with Crippen molar-refractivity contribution in [3.63, 3.8) is 0 Å². The minimum absolute atomic E-state index is 0.0505. The molecule has 0 saturated heterocycles. The molecule has 1 N–H and O–H groups in total. The lowest BCUT2D eigenvalue weighted by molar-refractivity contribution is 0.111. The van der Waals surface area contributed by atoms with Gasteiger partial charge < -0.3 is 5.11 Å². The van der Waals surface area contributed by atoms with E-state index in [0.29, 0.717) is 10.7 Å². The number of aliphatic hydroxyl groups excluding tert-OH is 1. The molecule has 0 saturated carbocycles. The van der Waals surface area contributed by atoms with Crippen LogP contribution in [-0.4, -0.2) is 25.1 Å². The molecule has 0 amide bonds. The first-order valence-corrected chi connectivity index (χ1v) is 7.93. The molecule has 0 bridgehead atoms. The molecular formula is C14H14ClNO4S. The van der Waals surface area contributed by atoms with Crippen LogP contribution in [-0.2, 0) is 14.3 Å². The Morgan fingerprint density at radius 3 is 2.48 bits per heavy atom. The molecule has 0 aliphatic carbocycles. The van der Waals surface area contributed by atoms with Crippen LogP contribution < -0.4 is 0 Å². The zero-order valence-corrected chi connectivity index (χ0v) is 12.8. The summed E-state index contributed by atoms with van der Waals surface area (Å²) in [4.78, 5) is 3.86. The molecule has 0 unspecified atom stereocenters. The lowest BCUT2D eigenvalue weighted by Crippen LogP contribution is -2.13. The summed E-state index contributed by atoms with van der Waals surface area (Å²) in [5.74, 6) is 0. The van der Waals surface area contributed by atoms with Crippen LogP contribution in [0.5, 0.6) is 0 Å². The van der Waals surface area contributed by atoms with E-state index in [1.807, 2.05) is 6.92 Å². The van der Waals surface area contributed by atoms with Gasteiger partial charge in [-0.2, -0.15) is 8.42 Å². The first-order valence-electron chi connectivity index (χ1n) is 6.14. The Hall–Kier alpha value is -1.47. The zero-order valence-electron chi connectivity index (χ0n) is 11.2. The summed E-state index contributed by atoms with van der Waals surface area (Å²) in [5.41, 5.74) is 1.37. The van der Waals surface area contributed by atoms with Crippen molar-refractivity contribution in [2.24, 2.45) is 0 Å². The summed E-state index contributed by atoms with van der Waals surface area (Å²) in [6.07, 6.45) is 0.268. The van der Waals surface area contributed by atoms with E-state index in [-0.39, 0.29) is 11.5 Å². The third kappa shape index (κ3) is 4.25. The van der Waals surface area contributed by atoms with Gasteiger partial charge >= 0.3 is 0 Å². The largest absolute Gasteiger partial charge is 0.386 e. The van der Waals surface area contributed by atoms with E-state index in [2.05, 4.69) is 4.98 Å². The van der Waals surface area contributed by atoms with Crippen molar-refractivity contribution >= 4 is 21.7 Å². The van der Waals surface area contributed by atoms with Gasteiger partial charge in [-0.1, -0.05) is 35.4 Å². The number of pyridine rings is 1. The van der Waals surface area contributed by atoms with Crippen LogP contribution in [0.15, 0.2) is 47.5 Å². The molecule has 1 aromatic heterocycles. The van der Waals surface area contributed by atoms with Crippen molar-refractivity contribution in [3.05, 3.63) is 58.9 Å². The fraction of sp³-hybridized carbons (Fsp3) is 0.214. The predicted octanol–water partition coefficient (Wildman–Crippen LogP) is 2.48. The van der Waals surface area contributed by atoms with Gasteiger partial charge in [-0.3, -0.25) is 4.18 Å². The van der Waals surface area contributed by atoms with Crippen LogP contribution in [0.25, 0.3) is 0 Å². The molecule has 0 aliphatic heterocycles. The topological polar surface area (TPSA) is 76.5 Å². The molecule has 2 rings (SSSR count). The Morgan fingerprint density at radius 1 is 1.24 bits per heavy atom. The molecule has 21 heavy (non-hydrogen) atoms. The third-order valence-corrected chi connectivity index (χ3v) is 4.35. The molecule has 1 heterocycles. The van der Waals surface area contributed by atoms with Gasteiger partial charge in [0, 0.05) is 11.8 Å². The van der Waals surface area contributed by atoms with Gasteiger partial charge in [0.1, 0.15) is 11.3 Å². The van der Waals surface area contributed by atoms with Gasteiger partial charge in [0.05, 0.1) is 11.5 Å². The monoisotopic (exact) mass is 327 g/mol. The Kier molecular flexibility index (Phi) is 4.95. The minimum atomic E-state index is -3.89. The van der Waals surface area contributed by atoms with E-state index in [0.717, 1.165) is 5.56 Å².